The number of aryl methyl sites for hydroxylation is 1. The summed E-state index contributed by atoms with van der Waals surface area (Å²) < 4.78 is 5.36. The molecule has 0 heterocycles. The summed E-state index contributed by atoms with van der Waals surface area (Å²) >= 11 is 2.13. The van der Waals surface area contributed by atoms with Crippen molar-refractivity contribution in [3.05, 3.63) is 78.4 Å². The molecule has 0 saturated carbocycles. The molecule has 27 heavy (non-hydrogen) atoms. The maximum atomic E-state index is 12.3. The van der Waals surface area contributed by atoms with E-state index in [1.807, 2.05) is 6.92 Å². The van der Waals surface area contributed by atoms with Crippen LogP contribution in [-0.2, 0) is 9.59 Å². The second-order valence-corrected chi connectivity index (χ2v) is 7.73. The van der Waals surface area contributed by atoms with Crippen LogP contribution in [0.1, 0.15) is 22.8 Å². The van der Waals surface area contributed by atoms with Gasteiger partial charge in [-0.3, -0.25) is 9.59 Å². The zero-order valence-electron chi connectivity index (χ0n) is 15.0. The number of hydrogen-bond donors (Lipinski definition) is 0. The molecule has 2 rings (SSSR count). The Hall–Kier alpha value is -2.57. The van der Waals surface area contributed by atoms with Crippen LogP contribution in [0.3, 0.4) is 0 Å². The predicted octanol–water partition coefficient (Wildman–Crippen LogP) is 5.21. The van der Waals surface area contributed by atoms with Gasteiger partial charge in [-0.05, 0) is 97.0 Å². The highest BCUT2D eigenvalue weighted by molar-refractivity contribution is 8.14. The first-order valence-electron chi connectivity index (χ1n) is 7.95. The Bertz CT molecular complexity index is 914. The van der Waals surface area contributed by atoms with Gasteiger partial charge < -0.3 is 4.74 Å². The van der Waals surface area contributed by atoms with Crippen molar-refractivity contribution in [1.29, 1.82) is 0 Å². The normalized spacial score (nSPS) is 10.1. The fourth-order valence-electron chi connectivity index (χ4n) is 1.98. The van der Waals surface area contributed by atoms with E-state index >= 15 is 0 Å². The summed E-state index contributed by atoms with van der Waals surface area (Å²) in [7, 11) is 0. The van der Waals surface area contributed by atoms with E-state index in [9.17, 15) is 14.4 Å². The summed E-state index contributed by atoms with van der Waals surface area (Å²) in [6.07, 6.45) is 1.24. The van der Waals surface area contributed by atoms with Crippen molar-refractivity contribution in [2.24, 2.45) is 0 Å². The van der Waals surface area contributed by atoms with Crippen LogP contribution >= 0.6 is 23.5 Å². The van der Waals surface area contributed by atoms with Crippen LogP contribution in [0.2, 0.25) is 0 Å². The smallest absolute Gasteiger partial charge is 0.343 e. The van der Waals surface area contributed by atoms with E-state index < -0.39 is 5.97 Å². The standard InChI is InChI=1S/C21H18O4S2/c1-5-19(22)26-17-9-7-16(8-10-17)25-20(23)15-6-11-18(14(4)12-15)27-21(24)13(2)3/h5-12H,1-2H2,3-4H3. The summed E-state index contributed by atoms with van der Waals surface area (Å²) in [5.41, 5.74) is 1.66. The molecule has 0 amide bonds. The van der Waals surface area contributed by atoms with Gasteiger partial charge in [-0.2, -0.15) is 0 Å². The molecule has 0 aromatic heterocycles. The quantitative estimate of drug-likeness (QED) is 0.288. The van der Waals surface area contributed by atoms with E-state index in [0.29, 0.717) is 16.9 Å². The van der Waals surface area contributed by atoms with E-state index in [1.54, 1.807) is 49.4 Å². The van der Waals surface area contributed by atoms with Crippen molar-refractivity contribution in [3.63, 3.8) is 0 Å². The van der Waals surface area contributed by atoms with Crippen LogP contribution in [0.15, 0.2) is 77.1 Å². The Balaban J connectivity index is 2.06. The van der Waals surface area contributed by atoms with Gasteiger partial charge in [0.05, 0.1) is 5.56 Å². The van der Waals surface area contributed by atoms with Crippen molar-refractivity contribution in [2.75, 3.05) is 0 Å². The SMILES string of the molecule is C=CC(=O)Sc1ccc(OC(=O)c2ccc(SC(=O)C(=C)C)c(C)c2)cc1. The largest absolute Gasteiger partial charge is 0.423 e. The average molecular weight is 399 g/mol. The number of benzene rings is 2. The van der Waals surface area contributed by atoms with Crippen molar-refractivity contribution in [1.82, 2.24) is 0 Å². The third-order valence-corrected chi connectivity index (χ3v) is 5.47. The molecular formula is C21H18O4S2. The Kier molecular flexibility index (Phi) is 7.21. The number of hydrogen-bond acceptors (Lipinski definition) is 6. The third-order valence-electron chi connectivity index (χ3n) is 3.38. The molecule has 0 unspecified atom stereocenters. The highest BCUT2D eigenvalue weighted by atomic mass is 32.2. The minimum atomic E-state index is -0.497. The van der Waals surface area contributed by atoms with Crippen LogP contribution in [0.25, 0.3) is 0 Å². The van der Waals surface area contributed by atoms with Crippen LogP contribution in [0.4, 0.5) is 0 Å². The van der Waals surface area contributed by atoms with Crippen molar-refractivity contribution in [3.8, 4) is 5.75 Å². The fourth-order valence-corrected chi connectivity index (χ4v) is 3.30. The lowest BCUT2D eigenvalue weighted by Gasteiger charge is -2.08. The number of carbonyl (C=O) groups excluding carboxylic acids is 3. The number of esters is 1. The van der Waals surface area contributed by atoms with Gasteiger partial charge in [0, 0.05) is 9.79 Å². The molecule has 0 aliphatic heterocycles. The molecule has 0 atom stereocenters. The molecule has 0 fully saturated rings. The molecule has 0 N–H and O–H groups in total. The van der Waals surface area contributed by atoms with Gasteiger partial charge in [-0.25, -0.2) is 4.79 Å². The van der Waals surface area contributed by atoms with Crippen LogP contribution in [-0.4, -0.2) is 16.2 Å². The van der Waals surface area contributed by atoms with E-state index in [4.69, 9.17) is 4.74 Å². The van der Waals surface area contributed by atoms with E-state index in [1.165, 1.54) is 6.08 Å². The monoisotopic (exact) mass is 398 g/mol. The maximum Gasteiger partial charge on any atom is 0.343 e. The third kappa shape index (κ3) is 5.98. The second kappa shape index (κ2) is 9.39. The Labute approximate surface area is 166 Å². The summed E-state index contributed by atoms with van der Waals surface area (Å²) in [5, 5.41) is -0.264. The minimum absolute atomic E-state index is 0.110. The number of ether oxygens (including phenoxy) is 1. The van der Waals surface area contributed by atoms with E-state index in [0.717, 1.165) is 38.9 Å². The first-order valence-corrected chi connectivity index (χ1v) is 9.58. The van der Waals surface area contributed by atoms with Crippen LogP contribution in [0.5, 0.6) is 5.75 Å². The Morgan fingerprint density at radius 3 is 2.26 bits per heavy atom. The zero-order chi connectivity index (χ0) is 20.0. The van der Waals surface area contributed by atoms with Gasteiger partial charge >= 0.3 is 5.97 Å². The topological polar surface area (TPSA) is 60.4 Å². The summed E-state index contributed by atoms with van der Waals surface area (Å²) in [5.74, 6) is -0.118. The molecule has 138 valence electrons. The van der Waals surface area contributed by atoms with Gasteiger partial charge in [0.15, 0.2) is 0 Å². The van der Waals surface area contributed by atoms with Gasteiger partial charge in [0.25, 0.3) is 0 Å². The Morgan fingerprint density at radius 2 is 1.70 bits per heavy atom. The molecule has 6 heteroatoms. The molecule has 4 nitrogen and oxygen atoms in total. The first-order chi connectivity index (χ1) is 12.8. The van der Waals surface area contributed by atoms with Gasteiger partial charge in [-0.15, -0.1) is 0 Å². The lowest BCUT2D eigenvalue weighted by molar-refractivity contribution is -0.108. The lowest BCUT2D eigenvalue weighted by Crippen LogP contribution is -2.09. The molecule has 0 spiro atoms. The predicted molar refractivity (Wildman–Crippen MR) is 109 cm³/mol. The van der Waals surface area contributed by atoms with E-state index in [2.05, 4.69) is 13.2 Å². The molecule has 2 aromatic rings. The highest BCUT2D eigenvalue weighted by Crippen LogP contribution is 2.27. The molecule has 0 aliphatic carbocycles. The molecule has 0 bridgehead atoms. The molecule has 0 saturated heterocycles. The van der Waals surface area contributed by atoms with Gasteiger partial charge in [0.1, 0.15) is 5.75 Å². The van der Waals surface area contributed by atoms with Gasteiger partial charge in [-0.1, -0.05) is 13.2 Å². The minimum Gasteiger partial charge on any atom is -0.423 e. The summed E-state index contributed by atoms with van der Waals surface area (Å²) in [6.45, 7) is 10.5. The molecule has 0 radical (unpaired) electrons. The van der Waals surface area contributed by atoms with E-state index in [-0.39, 0.29) is 10.2 Å². The van der Waals surface area contributed by atoms with Crippen molar-refractivity contribution < 1.29 is 19.1 Å². The highest BCUT2D eigenvalue weighted by Gasteiger charge is 2.13. The lowest BCUT2D eigenvalue weighted by atomic mass is 10.1. The fraction of sp³-hybridized carbons (Fsp3) is 0.0952. The first kappa shape index (κ1) is 20.7. The molecule has 0 aliphatic rings. The number of thioether (sulfide) groups is 2. The Morgan fingerprint density at radius 1 is 1.04 bits per heavy atom. The van der Waals surface area contributed by atoms with Crippen molar-refractivity contribution >= 4 is 39.7 Å². The second-order valence-electron chi connectivity index (χ2n) is 5.64. The van der Waals surface area contributed by atoms with Crippen LogP contribution < -0.4 is 4.74 Å². The van der Waals surface area contributed by atoms with Crippen LogP contribution in [0, 0.1) is 6.92 Å². The van der Waals surface area contributed by atoms with Crippen molar-refractivity contribution in [2.45, 2.75) is 23.6 Å². The maximum absolute atomic E-state index is 12.3. The number of carbonyl (C=O) groups is 3. The van der Waals surface area contributed by atoms with Gasteiger partial charge in [0.2, 0.25) is 10.2 Å². The summed E-state index contributed by atoms with van der Waals surface area (Å²) in [6, 6.07) is 11.7. The zero-order valence-corrected chi connectivity index (χ0v) is 16.6. The number of rotatable bonds is 6. The molecule has 2 aromatic carbocycles. The summed E-state index contributed by atoms with van der Waals surface area (Å²) in [4.78, 5) is 36.9. The molecular weight excluding hydrogens is 380 g/mol. The average Bonchev–Trinajstić information content (AvgIpc) is 2.64.